The number of benzene rings is 2. The van der Waals surface area contributed by atoms with E-state index in [1.807, 2.05) is 45.0 Å². The van der Waals surface area contributed by atoms with E-state index in [2.05, 4.69) is 15.3 Å². The van der Waals surface area contributed by atoms with E-state index in [1.165, 1.54) is 23.8 Å². The molecule has 0 bridgehead atoms. The molecular weight excluding hydrogens is 509 g/mol. The Bertz CT molecular complexity index is 1570. The number of carbonyl (C=O) groups is 1. The lowest BCUT2D eigenvalue weighted by molar-refractivity contribution is -0.122. The quantitative estimate of drug-likeness (QED) is 0.356. The second-order valence-electron chi connectivity index (χ2n) is 9.55. The molecule has 198 valence electrons. The fraction of sp³-hybridized carbons (Fsp3) is 0.286. The number of hydrogen-bond donors (Lipinski definition) is 1. The Morgan fingerprint density at radius 3 is 2.63 bits per heavy atom. The van der Waals surface area contributed by atoms with Crippen molar-refractivity contribution in [1.82, 2.24) is 24.8 Å². The predicted molar refractivity (Wildman–Crippen MR) is 147 cm³/mol. The lowest BCUT2D eigenvalue weighted by Crippen LogP contribution is -2.37. The van der Waals surface area contributed by atoms with Gasteiger partial charge in [-0.1, -0.05) is 17.7 Å². The van der Waals surface area contributed by atoms with E-state index in [0.717, 1.165) is 11.1 Å². The van der Waals surface area contributed by atoms with Gasteiger partial charge in [0, 0.05) is 29.4 Å². The second kappa shape index (κ2) is 11.3. The summed E-state index contributed by atoms with van der Waals surface area (Å²) in [5, 5.41) is 3.52. The van der Waals surface area contributed by atoms with Crippen molar-refractivity contribution in [3.05, 3.63) is 75.4 Å². The van der Waals surface area contributed by atoms with Gasteiger partial charge in [-0.05, 0) is 75.5 Å². The van der Waals surface area contributed by atoms with Crippen LogP contribution in [0.25, 0.3) is 33.5 Å². The van der Waals surface area contributed by atoms with Crippen LogP contribution in [0.1, 0.15) is 19.4 Å². The Hall–Kier alpha value is -3.82. The zero-order chi connectivity index (χ0) is 27.6. The molecule has 4 aromatic rings. The van der Waals surface area contributed by atoms with Crippen LogP contribution in [-0.2, 0) is 17.9 Å². The molecule has 1 amide bonds. The Balaban J connectivity index is 1.92. The smallest absolute Gasteiger partial charge is 0.263 e. The first-order valence-corrected chi connectivity index (χ1v) is 12.4. The average Bonchev–Trinajstić information content (AvgIpc) is 2.84. The number of methoxy groups -OCH3 is 1. The molecule has 0 atom stereocenters. The normalized spacial score (nSPS) is 11.4. The van der Waals surface area contributed by atoms with Crippen molar-refractivity contribution in [3.8, 4) is 28.3 Å². The molecule has 0 aliphatic carbocycles. The lowest BCUT2D eigenvalue weighted by Gasteiger charge is -2.16. The Morgan fingerprint density at radius 1 is 1.18 bits per heavy atom. The minimum absolute atomic E-state index is 0.00665. The standard InChI is InChI=1S/C28H29ClFN5O3/c1-16(2)32-24(36)15-35-27(21-7-6-8-23(38-5)25(21)30)33-26-22(28(35)37)12-19(13-31-26)18-9-17(14-34(3)4)10-20(29)11-18/h6-13,16H,14-15H2,1-5H3,(H,32,36). The topological polar surface area (TPSA) is 89.4 Å². The van der Waals surface area contributed by atoms with Crippen molar-refractivity contribution in [2.45, 2.75) is 33.0 Å². The molecule has 0 saturated carbocycles. The van der Waals surface area contributed by atoms with Crippen LogP contribution in [0.5, 0.6) is 5.75 Å². The van der Waals surface area contributed by atoms with Crippen LogP contribution < -0.4 is 15.6 Å². The molecule has 38 heavy (non-hydrogen) atoms. The lowest BCUT2D eigenvalue weighted by atomic mass is 10.0. The Kier molecular flexibility index (Phi) is 8.08. The number of rotatable bonds is 8. The summed E-state index contributed by atoms with van der Waals surface area (Å²) in [4.78, 5) is 37.5. The van der Waals surface area contributed by atoms with Crippen LogP contribution in [0, 0.1) is 5.82 Å². The largest absolute Gasteiger partial charge is 0.494 e. The number of halogens is 2. The van der Waals surface area contributed by atoms with Gasteiger partial charge in [0.25, 0.3) is 5.56 Å². The number of ether oxygens (including phenoxy) is 1. The van der Waals surface area contributed by atoms with Crippen LogP contribution in [0.15, 0.2) is 53.5 Å². The highest BCUT2D eigenvalue weighted by molar-refractivity contribution is 6.31. The van der Waals surface area contributed by atoms with Gasteiger partial charge < -0.3 is 15.0 Å². The maximum Gasteiger partial charge on any atom is 0.263 e. The molecular formula is C28H29ClFN5O3. The van der Waals surface area contributed by atoms with E-state index in [1.54, 1.807) is 24.4 Å². The van der Waals surface area contributed by atoms with Gasteiger partial charge in [-0.15, -0.1) is 0 Å². The summed E-state index contributed by atoms with van der Waals surface area (Å²) in [6.45, 7) is 3.96. The first kappa shape index (κ1) is 27.2. The molecule has 0 fully saturated rings. The first-order chi connectivity index (χ1) is 18.1. The van der Waals surface area contributed by atoms with Crippen molar-refractivity contribution in [3.63, 3.8) is 0 Å². The summed E-state index contributed by atoms with van der Waals surface area (Å²) in [5.41, 5.74) is 2.09. The van der Waals surface area contributed by atoms with Crippen molar-refractivity contribution in [2.24, 2.45) is 0 Å². The maximum absolute atomic E-state index is 15.3. The Morgan fingerprint density at radius 2 is 1.95 bits per heavy atom. The number of carbonyl (C=O) groups excluding carboxylic acids is 1. The summed E-state index contributed by atoms with van der Waals surface area (Å²) >= 11 is 6.38. The molecule has 0 unspecified atom stereocenters. The average molecular weight is 538 g/mol. The molecule has 0 radical (unpaired) electrons. The molecule has 4 rings (SSSR count). The fourth-order valence-corrected chi connectivity index (χ4v) is 4.50. The molecule has 2 aromatic heterocycles. The van der Waals surface area contributed by atoms with Crippen molar-refractivity contribution in [1.29, 1.82) is 0 Å². The van der Waals surface area contributed by atoms with E-state index in [-0.39, 0.29) is 40.8 Å². The third-order valence-electron chi connectivity index (χ3n) is 5.77. The van der Waals surface area contributed by atoms with Crippen LogP contribution in [0.4, 0.5) is 4.39 Å². The highest BCUT2D eigenvalue weighted by Gasteiger charge is 2.21. The molecule has 1 N–H and O–H groups in total. The first-order valence-electron chi connectivity index (χ1n) is 12.0. The van der Waals surface area contributed by atoms with Gasteiger partial charge in [0.2, 0.25) is 5.91 Å². The number of nitrogens with one attached hydrogen (secondary N) is 1. The minimum atomic E-state index is -0.691. The van der Waals surface area contributed by atoms with Gasteiger partial charge in [-0.3, -0.25) is 14.2 Å². The summed E-state index contributed by atoms with van der Waals surface area (Å²) in [6, 6.07) is 11.7. The van der Waals surface area contributed by atoms with Gasteiger partial charge in [-0.25, -0.2) is 14.4 Å². The second-order valence-corrected chi connectivity index (χ2v) is 9.99. The van der Waals surface area contributed by atoms with Crippen molar-refractivity contribution >= 4 is 28.5 Å². The number of fused-ring (bicyclic) bond motifs is 1. The Labute approximate surface area is 225 Å². The molecule has 2 heterocycles. The van der Waals surface area contributed by atoms with Crippen LogP contribution in [0.2, 0.25) is 5.02 Å². The molecule has 0 spiro atoms. The zero-order valence-corrected chi connectivity index (χ0v) is 22.6. The van der Waals surface area contributed by atoms with E-state index < -0.39 is 17.3 Å². The summed E-state index contributed by atoms with van der Waals surface area (Å²) in [7, 11) is 5.27. The van der Waals surface area contributed by atoms with Gasteiger partial charge >= 0.3 is 0 Å². The molecule has 8 nitrogen and oxygen atoms in total. The summed E-state index contributed by atoms with van der Waals surface area (Å²) < 4.78 is 21.5. The highest BCUT2D eigenvalue weighted by atomic mass is 35.5. The van der Waals surface area contributed by atoms with Gasteiger partial charge in [0.15, 0.2) is 17.2 Å². The molecule has 0 aliphatic rings. The molecule has 0 aliphatic heterocycles. The van der Waals surface area contributed by atoms with Crippen LogP contribution >= 0.6 is 11.6 Å². The minimum Gasteiger partial charge on any atom is -0.494 e. The number of pyridine rings is 1. The number of amides is 1. The van der Waals surface area contributed by atoms with E-state index >= 15 is 4.39 Å². The van der Waals surface area contributed by atoms with Crippen LogP contribution in [-0.4, -0.2) is 52.6 Å². The van der Waals surface area contributed by atoms with Gasteiger partial charge in [0.05, 0.1) is 18.1 Å². The number of aromatic nitrogens is 3. The zero-order valence-electron chi connectivity index (χ0n) is 21.9. The SMILES string of the molecule is COc1cccc(-c2nc3ncc(-c4cc(Cl)cc(CN(C)C)c4)cc3c(=O)n2CC(=O)NC(C)C)c1F. The van der Waals surface area contributed by atoms with E-state index in [0.29, 0.717) is 17.1 Å². The molecule has 0 saturated heterocycles. The van der Waals surface area contributed by atoms with Gasteiger partial charge in [0.1, 0.15) is 12.4 Å². The predicted octanol–water partition coefficient (Wildman–Crippen LogP) is 4.51. The van der Waals surface area contributed by atoms with Gasteiger partial charge in [-0.2, -0.15) is 0 Å². The third kappa shape index (κ3) is 5.84. The summed E-state index contributed by atoms with van der Waals surface area (Å²) in [5.74, 6) is -1.12. The summed E-state index contributed by atoms with van der Waals surface area (Å²) in [6.07, 6.45) is 1.60. The van der Waals surface area contributed by atoms with Crippen molar-refractivity contribution < 1.29 is 13.9 Å². The molecule has 10 heteroatoms. The monoisotopic (exact) mass is 537 g/mol. The number of nitrogens with zero attached hydrogens (tertiary/aromatic N) is 4. The maximum atomic E-state index is 15.3. The van der Waals surface area contributed by atoms with E-state index in [4.69, 9.17) is 16.3 Å². The van der Waals surface area contributed by atoms with Crippen molar-refractivity contribution in [2.75, 3.05) is 21.2 Å². The number of hydrogen-bond acceptors (Lipinski definition) is 6. The fourth-order valence-electron chi connectivity index (χ4n) is 4.24. The third-order valence-corrected chi connectivity index (χ3v) is 5.99. The highest BCUT2D eigenvalue weighted by Crippen LogP contribution is 2.30. The molecule has 2 aromatic carbocycles. The van der Waals surface area contributed by atoms with E-state index in [9.17, 15) is 9.59 Å². The van der Waals surface area contributed by atoms with Crippen LogP contribution in [0.3, 0.4) is 0 Å².